The van der Waals surface area contributed by atoms with Crippen molar-refractivity contribution in [3.05, 3.63) is 28.8 Å². The zero-order valence-electron chi connectivity index (χ0n) is 6.54. The van der Waals surface area contributed by atoms with E-state index in [4.69, 9.17) is 16.9 Å². The molecule has 0 aliphatic carbocycles. The zero-order chi connectivity index (χ0) is 9.84. The first kappa shape index (κ1) is 10.4. The van der Waals surface area contributed by atoms with Gasteiger partial charge >= 0.3 is 0 Å². The van der Waals surface area contributed by atoms with Gasteiger partial charge in [0.05, 0.1) is 29.4 Å². The SMILES string of the molecule is N#CN(I)Cc1ccc(Cl)cc1O. The maximum Gasteiger partial charge on any atom is 0.189 e. The van der Waals surface area contributed by atoms with Crippen LogP contribution >= 0.6 is 34.5 Å². The fourth-order valence-electron chi connectivity index (χ4n) is 0.856. The molecule has 3 nitrogen and oxygen atoms in total. The quantitative estimate of drug-likeness (QED) is 0.395. The van der Waals surface area contributed by atoms with Crippen molar-refractivity contribution in [3.8, 4) is 11.9 Å². The van der Waals surface area contributed by atoms with E-state index in [0.29, 0.717) is 17.1 Å². The molecule has 0 saturated carbocycles. The van der Waals surface area contributed by atoms with Gasteiger partial charge in [0.25, 0.3) is 0 Å². The van der Waals surface area contributed by atoms with Gasteiger partial charge in [-0.25, -0.2) is 3.11 Å². The Bertz CT molecular complexity index is 350. The van der Waals surface area contributed by atoms with Crippen molar-refractivity contribution in [2.24, 2.45) is 0 Å². The normalized spacial score (nSPS) is 9.31. The molecule has 0 atom stereocenters. The number of nitriles is 1. The first-order valence-corrected chi connectivity index (χ1v) is 4.78. The standard InChI is InChI=1S/C8H6ClIN2O/c9-7-2-1-6(8(13)3-7)4-12(10)5-11/h1-3,13H,4H2. The highest BCUT2D eigenvalue weighted by molar-refractivity contribution is 14.1. The van der Waals surface area contributed by atoms with Gasteiger partial charge in [-0.2, -0.15) is 5.26 Å². The van der Waals surface area contributed by atoms with Crippen LogP contribution in [0.3, 0.4) is 0 Å². The molecule has 0 amide bonds. The van der Waals surface area contributed by atoms with Crippen LogP contribution < -0.4 is 0 Å². The third-order valence-corrected chi connectivity index (χ3v) is 2.26. The first-order chi connectivity index (χ1) is 6.13. The Balaban J connectivity index is 2.85. The van der Waals surface area contributed by atoms with Gasteiger partial charge < -0.3 is 5.11 Å². The van der Waals surface area contributed by atoms with Crippen LogP contribution in [0.5, 0.6) is 5.75 Å². The molecule has 5 heteroatoms. The van der Waals surface area contributed by atoms with Gasteiger partial charge in [-0.05, 0) is 12.1 Å². The number of halogens is 2. The van der Waals surface area contributed by atoms with Gasteiger partial charge in [0.15, 0.2) is 6.19 Å². The average Bonchev–Trinajstić information content (AvgIpc) is 2.09. The second kappa shape index (κ2) is 4.53. The highest BCUT2D eigenvalue weighted by Gasteiger charge is 2.04. The second-order valence-corrected chi connectivity index (χ2v) is 3.99. The summed E-state index contributed by atoms with van der Waals surface area (Å²) in [7, 11) is 0. The highest BCUT2D eigenvalue weighted by atomic mass is 127. The van der Waals surface area contributed by atoms with Crippen molar-refractivity contribution in [1.29, 1.82) is 5.26 Å². The van der Waals surface area contributed by atoms with Crippen molar-refractivity contribution < 1.29 is 5.11 Å². The number of phenols is 1. The number of hydrogen-bond acceptors (Lipinski definition) is 3. The summed E-state index contributed by atoms with van der Waals surface area (Å²) in [4.78, 5) is 0. The number of rotatable bonds is 2. The summed E-state index contributed by atoms with van der Waals surface area (Å²) in [6, 6.07) is 4.83. The lowest BCUT2D eigenvalue weighted by molar-refractivity contribution is 0.462. The summed E-state index contributed by atoms with van der Waals surface area (Å²) >= 11 is 7.51. The number of benzene rings is 1. The van der Waals surface area contributed by atoms with Crippen molar-refractivity contribution >= 4 is 34.5 Å². The Kier molecular flexibility index (Phi) is 3.63. The van der Waals surface area contributed by atoms with Gasteiger partial charge in [-0.15, -0.1) is 0 Å². The molecule has 0 aliphatic rings. The fraction of sp³-hybridized carbons (Fsp3) is 0.125. The minimum absolute atomic E-state index is 0.115. The fourth-order valence-corrected chi connectivity index (χ4v) is 1.39. The van der Waals surface area contributed by atoms with Crippen molar-refractivity contribution in [3.63, 3.8) is 0 Å². The Morgan fingerprint density at radius 2 is 2.31 bits per heavy atom. The third kappa shape index (κ3) is 2.94. The topological polar surface area (TPSA) is 47.3 Å². The monoisotopic (exact) mass is 308 g/mol. The van der Waals surface area contributed by atoms with Crippen LogP contribution in [-0.4, -0.2) is 8.22 Å². The number of aromatic hydroxyl groups is 1. The zero-order valence-corrected chi connectivity index (χ0v) is 9.45. The van der Waals surface area contributed by atoms with Crippen LogP contribution in [0, 0.1) is 11.5 Å². The molecule has 68 valence electrons. The molecular formula is C8H6ClIN2O. The second-order valence-electron chi connectivity index (χ2n) is 2.39. The molecular weight excluding hydrogens is 302 g/mol. The molecule has 1 aromatic carbocycles. The minimum Gasteiger partial charge on any atom is -0.508 e. The van der Waals surface area contributed by atoms with Crippen LogP contribution in [0.1, 0.15) is 5.56 Å². The van der Waals surface area contributed by atoms with E-state index in [9.17, 15) is 5.11 Å². The summed E-state index contributed by atoms with van der Waals surface area (Å²) in [5.74, 6) is 0.115. The summed E-state index contributed by atoms with van der Waals surface area (Å²) in [6.45, 7) is 0.375. The van der Waals surface area contributed by atoms with Gasteiger partial charge in [0.2, 0.25) is 0 Å². The number of nitrogens with zero attached hydrogens (tertiary/aromatic N) is 2. The van der Waals surface area contributed by atoms with Crippen molar-refractivity contribution in [2.45, 2.75) is 6.54 Å². The van der Waals surface area contributed by atoms with Crippen LogP contribution in [0.4, 0.5) is 0 Å². The van der Waals surface area contributed by atoms with Crippen LogP contribution in [0.15, 0.2) is 18.2 Å². The van der Waals surface area contributed by atoms with E-state index in [1.165, 1.54) is 9.18 Å². The van der Waals surface area contributed by atoms with Crippen molar-refractivity contribution in [2.75, 3.05) is 0 Å². The van der Waals surface area contributed by atoms with Crippen LogP contribution in [0.2, 0.25) is 5.02 Å². The summed E-state index contributed by atoms with van der Waals surface area (Å²) in [6.07, 6.45) is 1.93. The Hall–Kier alpha value is -0.670. The van der Waals surface area contributed by atoms with Crippen LogP contribution in [-0.2, 0) is 6.54 Å². The molecule has 0 unspecified atom stereocenters. The average molecular weight is 309 g/mol. The highest BCUT2D eigenvalue weighted by Crippen LogP contribution is 2.23. The lowest BCUT2D eigenvalue weighted by atomic mass is 10.2. The molecule has 0 aliphatic heterocycles. The van der Waals surface area contributed by atoms with E-state index >= 15 is 0 Å². The molecule has 0 saturated heterocycles. The lowest BCUT2D eigenvalue weighted by Crippen LogP contribution is -2.02. The molecule has 0 aromatic heterocycles. The maximum atomic E-state index is 9.41. The molecule has 13 heavy (non-hydrogen) atoms. The molecule has 1 rings (SSSR count). The van der Waals surface area contributed by atoms with Gasteiger partial charge in [0.1, 0.15) is 5.75 Å². The van der Waals surface area contributed by atoms with E-state index < -0.39 is 0 Å². The molecule has 1 aromatic rings. The van der Waals surface area contributed by atoms with Gasteiger partial charge in [-0.3, -0.25) is 0 Å². The number of phenolic OH excluding ortho intramolecular Hbond substituents is 1. The van der Waals surface area contributed by atoms with E-state index in [2.05, 4.69) is 0 Å². The Morgan fingerprint density at radius 1 is 1.62 bits per heavy atom. The summed E-state index contributed by atoms with van der Waals surface area (Å²) in [5.41, 5.74) is 0.681. The third-order valence-electron chi connectivity index (χ3n) is 1.47. The minimum atomic E-state index is 0.115. The van der Waals surface area contributed by atoms with E-state index in [0.717, 1.165) is 0 Å². The van der Waals surface area contributed by atoms with Gasteiger partial charge in [0, 0.05) is 10.6 Å². The smallest absolute Gasteiger partial charge is 0.189 e. The molecule has 0 spiro atoms. The number of hydrogen-bond donors (Lipinski definition) is 1. The molecule has 1 N–H and O–H groups in total. The Morgan fingerprint density at radius 3 is 2.85 bits per heavy atom. The largest absolute Gasteiger partial charge is 0.508 e. The van der Waals surface area contributed by atoms with E-state index in [1.807, 2.05) is 29.1 Å². The maximum absolute atomic E-state index is 9.41. The Labute approximate surface area is 95.0 Å². The first-order valence-electron chi connectivity index (χ1n) is 3.44. The molecule has 0 heterocycles. The molecule has 0 bridgehead atoms. The summed E-state index contributed by atoms with van der Waals surface area (Å²) < 4.78 is 1.39. The summed E-state index contributed by atoms with van der Waals surface area (Å²) in [5, 5.41) is 18.4. The predicted octanol–water partition coefficient (Wildman–Crippen LogP) is 2.68. The van der Waals surface area contributed by atoms with E-state index in [1.54, 1.807) is 12.1 Å². The van der Waals surface area contributed by atoms with Crippen molar-refractivity contribution in [1.82, 2.24) is 3.11 Å². The van der Waals surface area contributed by atoms with E-state index in [-0.39, 0.29) is 5.75 Å². The predicted molar refractivity (Wildman–Crippen MR) is 58.3 cm³/mol. The van der Waals surface area contributed by atoms with Gasteiger partial charge in [-0.1, -0.05) is 17.7 Å². The lowest BCUT2D eigenvalue weighted by Gasteiger charge is -2.07. The molecule has 0 radical (unpaired) electrons. The van der Waals surface area contributed by atoms with Crippen LogP contribution in [0.25, 0.3) is 0 Å². The molecule has 0 fully saturated rings.